The van der Waals surface area contributed by atoms with Gasteiger partial charge in [-0.15, -0.1) is 0 Å². The van der Waals surface area contributed by atoms with Gasteiger partial charge < -0.3 is 9.15 Å². The maximum Gasteiger partial charge on any atom is 0.149 e. The van der Waals surface area contributed by atoms with Crippen LogP contribution in [0.3, 0.4) is 0 Å². The van der Waals surface area contributed by atoms with Crippen LogP contribution in [-0.4, -0.2) is 7.11 Å². The lowest BCUT2D eigenvalue weighted by Gasteiger charge is -2.03. The molecule has 0 spiro atoms. The van der Waals surface area contributed by atoms with Crippen LogP contribution in [0.2, 0.25) is 10.0 Å². The second kappa shape index (κ2) is 3.83. The van der Waals surface area contributed by atoms with Crippen LogP contribution in [0.4, 0.5) is 0 Å². The van der Waals surface area contributed by atoms with Gasteiger partial charge in [0.05, 0.1) is 17.5 Å². The molecule has 0 bridgehead atoms. The molecule has 0 radical (unpaired) electrons. The standard InChI is InChI=1S/C13H8Cl2O2/c1-16-13-9(15)4-5-10-12(13)8-3-2-7(14)6-11(8)17-10/h2-6H,1H3. The lowest BCUT2D eigenvalue weighted by atomic mass is 10.1. The summed E-state index contributed by atoms with van der Waals surface area (Å²) in [5, 5.41) is 3.04. The van der Waals surface area contributed by atoms with Crippen molar-refractivity contribution in [2.75, 3.05) is 7.11 Å². The highest BCUT2D eigenvalue weighted by Crippen LogP contribution is 2.40. The average molecular weight is 267 g/mol. The molecule has 0 aliphatic rings. The van der Waals surface area contributed by atoms with Gasteiger partial charge in [0.2, 0.25) is 0 Å². The van der Waals surface area contributed by atoms with Crippen molar-refractivity contribution in [1.29, 1.82) is 0 Å². The van der Waals surface area contributed by atoms with Crippen molar-refractivity contribution in [3.05, 3.63) is 40.4 Å². The first kappa shape index (κ1) is 10.8. The van der Waals surface area contributed by atoms with Crippen molar-refractivity contribution in [2.24, 2.45) is 0 Å². The Balaban J connectivity index is 2.53. The van der Waals surface area contributed by atoms with Crippen molar-refractivity contribution in [3.63, 3.8) is 0 Å². The number of fused-ring (bicyclic) bond motifs is 3. The lowest BCUT2D eigenvalue weighted by Crippen LogP contribution is -1.84. The van der Waals surface area contributed by atoms with Gasteiger partial charge in [-0.3, -0.25) is 0 Å². The van der Waals surface area contributed by atoms with Crippen LogP contribution in [0.5, 0.6) is 5.75 Å². The van der Waals surface area contributed by atoms with Gasteiger partial charge in [0.25, 0.3) is 0 Å². The molecule has 0 atom stereocenters. The van der Waals surface area contributed by atoms with E-state index in [1.165, 1.54) is 0 Å². The van der Waals surface area contributed by atoms with Crippen LogP contribution >= 0.6 is 23.2 Å². The molecular formula is C13H8Cl2O2. The van der Waals surface area contributed by atoms with Crippen molar-refractivity contribution >= 4 is 45.1 Å². The molecule has 86 valence electrons. The van der Waals surface area contributed by atoms with Crippen LogP contribution in [-0.2, 0) is 0 Å². The third-order valence-electron chi connectivity index (χ3n) is 2.71. The zero-order valence-electron chi connectivity index (χ0n) is 8.96. The van der Waals surface area contributed by atoms with Gasteiger partial charge >= 0.3 is 0 Å². The topological polar surface area (TPSA) is 22.4 Å². The van der Waals surface area contributed by atoms with E-state index >= 15 is 0 Å². The molecule has 0 saturated carbocycles. The third kappa shape index (κ3) is 1.56. The zero-order valence-corrected chi connectivity index (χ0v) is 10.5. The number of hydrogen-bond donors (Lipinski definition) is 0. The highest BCUT2D eigenvalue weighted by atomic mass is 35.5. The van der Waals surface area contributed by atoms with Crippen LogP contribution in [0.15, 0.2) is 34.7 Å². The second-order valence-corrected chi connectivity index (χ2v) is 4.54. The van der Waals surface area contributed by atoms with Gasteiger partial charge in [0.15, 0.2) is 0 Å². The Hall–Kier alpha value is -1.38. The summed E-state index contributed by atoms with van der Waals surface area (Å²) in [6, 6.07) is 9.09. The summed E-state index contributed by atoms with van der Waals surface area (Å²) >= 11 is 12.0. The van der Waals surface area contributed by atoms with E-state index in [-0.39, 0.29) is 0 Å². The summed E-state index contributed by atoms with van der Waals surface area (Å²) in [5.41, 5.74) is 1.47. The number of hydrogen-bond acceptors (Lipinski definition) is 2. The number of furan rings is 1. The molecule has 3 aromatic rings. The molecular weight excluding hydrogens is 259 g/mol. The van der Waals surface area contributed by atoms with Crippen LogP contribution in [0.25, 0.3) is 21.9 Å². The fourth-order valence-corrected chi connectivity index (χ4v) is 2.38. The van der Waals surface area contributed by atoms with E-state index in [9.17, 15) is 0 Å². The Morgan fingerprint density at radius 3 is 2.65 bits per heavy atom. The predicted molar refractivity (Wildman–Crippen MR) is 70.3 cm³/mol. The first-order valence-electron chi connectivity index (χ1n) is 5.05. The molecule has 0 aliphatic heterocycles. The van der Waals surface area contributed by atoms with Gasteiger partial charge in [-0.25, -0.2) is 0 Å². The number of methoxy groups -OCH3 is 1. The number of ether oxygens (including phenoxy) is 1. The van der Waals surface area contributed by atoms with Crippen molar-refractivity contribution in [2.45, 2.75) is 0 Å². The Bertz CT molecular complexity index is 716. The molecule has 4 heteroatoms. The highest BCUT2D eigenvalue weighted by molar-refractivity contribution is 6.34. The molecule has 2 nitrogen and oxygen atoms in total. The Morgan fingerprint density at radius 2 is 1.88 bits per heavy atom. The van der Waals surface area contributed by atoms with E-state index < -0.39 is 0 Å². The Morgan fingerprint density at radius 1 is 1.06 bits per heavy atom. The molecule has 1 aromatic heterocycles. The summed E-state index contributed by atoms with van der Waals surface area (Å²) < 4.78 is 11.0. The summed E-state index contributed by atoms with van der Waals surface area (Å²) in [4.78, 5) is 0. The molecule has 2 aromatic carbocycles. The lowest BCUT2D eigenvalue weighted by molar-refractivity contribution is 0.420. The summed E-state index contributed by atoms with van der Waals surface area (Å²) in [5.74, 6) is 0.630. The van der Waals surface area contributed by atoms with E-state index in [1.807, 2.05) is 18.2 Å². The highest BCUT2D eigenvalue weighted by Gasteiger charge is 2.14. The summed E-state index contributed by atoms with van der Waals surface area (Å²) in [6.07, 6.45) is 0. The second-order valence-electron chi connectivity index (χ2n) is 3.70. The van der Waals surface area contributed by atoms with Gasteiger partial charge in [0.1, 0.15) is 16.9 Å². The predicted octanol–water partition coefficient (Wildman–Crippen LogP) is 4.90. The van der Waals surface area contributed by atoms with Crippen molar-refractivity contribution < 1.29 is 9.15 Å². The Kier molecular flexibility index (Phi) is 2.42. The number of rotatable bonds is 1. The van der Waals surface area contributed by atoms with Crippen LogP contribution in [0, 0.1) is 0 Å². The first-order chi connectivity index (χ1) is 8.20. The largest absolute Gasteiger partial charge is 0.494 e. The SMILES string of the molecule is COc1c(Cl)ccc2oc3cc(Cl)ccc3c12. The maximum atomic E-state index is 6.10. The molecule has 0 unspecified atom stereocenters. The molecule has 0 fully saturated rings. The molecule has 0 N–H and O–H groups in total. The first-order valence-corrected chi connectivity index (χ1v) is 5.80. The van der Waals surface area contributed by atoms with E-state index in [1.54, 1.807) is 19.2 Å². The normalized spacial score (nSPS) is 11.2. The fraction of sp³-hybridized carbons (Fsp3) is 0.0769. The van der Waals surface area contributed by atoms with Gasteiger partial charge in [-0.2, -0.15) is 0 Å². The summed E-state index contributed by atoms with van der Waals surface area (Å²) in [6.45, 7) is 0. The van der Waals surface area contributed by atoms with Crippen molar-refractivity contribution in [3.8, 4) is 5.75 Å². The zero-order chi connectivity index (χ0) is 12.0. The quantitative estimate of drug-likeness (QED) is 0.625. The van der Waals surface area contributed by atoms with Crippen molar-refractivity contribution in [1.82, 2.24) is 0 Å². The van der Waals surface area contributed by atoms with Gasteiger partial charge in [-0.1, -0.05) is 23.2 Å². The number of halogens is 2. The van der Waals surface area contributed by atoms with E-state index in [4.69, 9.17) is 32.4 Å². The average Bonchev–Trinajstić information content (AvgIpc) is 2.66. The maximum absolute atomic E-state index is 6.10. The Labute approximate surface area is 108 Å². The molecule has 0 saturated heterocycles. The monoisotopic (exact) mass is 266 g/mol. The minimum absolute atomic E-state index is 0.567. The molecule has 0 amide bonds. The molecule has 0 aliphatic carbocycles. The van der Waals surface area contributed by atoms with Crippen LogP contribution in [0.1, 0.15) is 0 Å². The smallest absolute Gasteiger partial charge is 0.149 e. The van der Waals surface area contributed by atoms with Gasteiger partial charge in [0, 0.05) is 16.5 Å². The van der Waals surface area contributed by atoms with E-state index in [2.05, 4.69) is 0 Å². The van der Waals surface area contributed by atoms with E-state index in [0.717, 1.165) is 21.9 Å². The van der Waals surface area contributed by atoms with E-state index in [0.29, 0.717) is 15.8 Å². The molecule has 17 heavy (non-hydrogen) atoms. The fourth-order valence-electron chi connectivity index (χ4n) is 1.98. The molecule has 1 heterocycles. The molecule has 3 rings (SSSR count). The minimum Gasteiger partial charge on any atom is -0.494 e. The minimum atomic E-state index is 0.567. The third-order valence-corrected chi connectivity index (χ3v) is 3.24. The number of benzene rings is 2. The van der Waals surface area contributed by atoms with Crippen LogP contribution < -0.4 is 4.74 Å². The summed E-state index contributed by atoms with van der Waals surface area (Å²) in [7, 11) is 1.59. The van der Waals surface area contributed by atoms with Gasteiger partial charge in [-0.05, 0) is 24.3 Å².